The van der Waals surface area contributed by atoms with E-state index >= 15 is 0 Å². The maximum Gasteiger partial charge on any atom is 0.107 e. The summed E-state index contributed by atoms with van der Waals surface area (Å²) in [5.74, 6) is 0. The predicted octanol–water partition coefficient (Wildman–Crippen LogP) is 2.19. The molecule has 1 unspecified atom stereocenters. The van der Waals surface area contributed by atoms with Gasteiger partial charge < -0.3 is 5.11 Å². The Morgan fingerprint density at radius 2 is 2.38 bits per heavy atom. The smallest absolute Gasteiger partial charge is 0.107 e. The van der Waals surface area contributed by atoms with Gasteiger partial charge in [-0.2, -0.15) is 0 Å². The molecule has 4 heteroatoms. The molecule has 2 heterocycles. The number of hydrogen-bond acceptors (Lipinski definition) is 4. The van der Waals surface area contributed by atoms with Crippen LogP contribution in [-0.4, -0.2) is 33.2 Å². The summed E-state index contributed by atoms with van der Waals surface area (Å²) in [6, 6.07) is 0.275. The average Bonchev–Trinajstić information content (AvgIpc) is 2.74. The Kier molecular flexibility index (Phi) is 3.33. The maximum absolute atomic E-state index is 10.1. The van der Waals surface area contributed by atoms with E-state index in [0.717, 1.165) is 30.2 Å². The average molecular weight is 240 g/mol. The molecule has 0 radical (unpaired) electrons. The first-order valence-electron chi connectivity index (χ1n) is 5.84. The fourth-order valence-corrected chi connectivity index (χ4v) is 3.26. The molecule has 1 aromatic heterocycles. The summed E-state index contributed by atoms with van der Waals surface area (Å²) in [4.78, 5) is 6.85. The van der Waals surface area contributed by atoms with Crippen LogP contribution in [0.25, 0.3) is 0 Å². The topological polar surface area (TPSA) is 36.4 Å². The summed E-state index contributed by atoms with van der Waals surface area (Å²) in [5, 5.41) is 13.4. The zero-order valence-corrected chi connectivity index (χ0v) is 11.0. The van der Waals surface area contributed by atoms with Crippen molar-refractivity contribution in [1.29, 1.82) is 0 Å². The Hall–Kier alpha value is -0.450. The van der Waals surface area contributed by atoms with E-state index in [0.29, 0.717) is 0 Å². The van der Waals surface area contributed by atoms with Crippen molar-refractivity contribution in [2.75, 3.05) is 6.54 Å². The molecular weight excluding hydrogens is 220 g/mol. The molecule has 0 aliphatic carbocycles. The molecule has 0 bridgehead atoms. The van der Waals surface area contributed by atoms with Crippen LogP contribution in [0, 0.1) is 6.92 Å². The molecule has 1 aliphatic rings. The lowest BCUT2D eigenvalue weighted by atomic mass is 9.97. The second kappa shape index (κ2) is 4.43. The largest absolute Gasteiger partial charge is 0.389 e. The van der Waals surface area contributed by atoms with Crippen molar-refractivity contribution in [2.45, 2.75) is 51.8 Å². The van der Waals surface area contributed by atoms with Gasteiger partial charge in [0, 0.05) is 17.1 Å². The molecule has 16 heavy (non-hydrogen) atoms. The molecule has 3 nitrogen and oxygen atoms in total. The van der Waals surface area contributed by atoms with Crippen LogP contribution in [-0.2, 0) is 6.54 Å². The zero-order valence-electron chi connectivity index (χ0n) is 10.2. The van der Waals surface area contributed by atoms with Crippen molar-refractivity contribution in [3.63, 3.8) is 0 Å². The minimum absolute atomic E-state index is 0.275. The number of aryl methyl sites for hydroxylation is 1. The SMILES string of the molecule is Cc1csc(CN2CCCC2C(C)(C)O)n1. The number of hydrogen-bond donors (Lipinski definition) is 1. The predicted molar refractivity (Wildman–Crippen MR) is 66.6 cm³/mol. The van der Waals surface area contributed by atoms with Crippen LogP contribution in [0.5, 0.6) is 0 Å². The van der Waals surface area contributed by atoms with E-state index < -0.39 is 5.60 Å². The molecule has 0 amide bonds. The summed E-state index contributed by atoms with van der Waals surface area (Å²) in [6.07, 6.45) is 2.27. The zero-order chi connectivity index (χ0) is 11.8. The highest BCUT2D eigenvalue weighted by molar-refractivity contribution is 7.09. The van der Waals surface area contributed by atoms with Crippen molar-refractivity contribution in [2.24, 2.45) is 0 Å². The molecule has 1 aliphatic heterocycles. The van der Waals surface area contributed by atoms with Gasteiger partial charge >= 0.3 is 0 Å². The maximum atomic E-state index is 10.1. The van der Waals surface area contributed by atoms with Gasteiger partial charge in [-0.25, -0.2) is 4.98 Å². The third-order valence-electron chi connectivity index (χ3n) is 3.18. The fraction of sp³-hybridized carbons (Fsp3) is 0.750. The van der Waals surface area contributed by atoms with Gasteiger partial charge in [-0.05, 0) is 40.2 Å². The van der Waals surface area contributed by atoms with Gasteiger partial charge in [-0.15, -0.1) is 11.3 Å². The third-order valence-corrected chi connectivity index (χ3v) is 4.14. The van der Waals surface area contributed by atoms with Gasteiger partial charge in [0.15, 0.2) is 0 Å². The standard InChI is InChI=1S/C12H20N2OS/c1-9-8-16-11(13-9)7-14-6-4-5-10(14)12(2,3)15/h8,10,15H,4-7H2,1-3H3. The van der Waals surface area contributed by atoms with Gasteiger partial charge in [0.05, 0.1) is 12.1 Å². The molecule has 1 fully saturated rings. The van der Waals surface area contributed by atoms with E-state index in [1.54, 1.807) is 11.3 Å². The molecule has 0 saturated carbocycles. The van der Waals surface area contributed by atoms with Gasteiger partial charge in [0.25, 0.3) is 0 Å². The van der Waals surface area contributed by atoms with Gasteiger partial charge in [0.1, 0.15) is 5.01 Å². The van der Waals surface area contributed by atoms with Crippen LogP contribution in [0.4, 0.5) is 0 Å². The summed E-state index contributed by atoms with van der Waals surface area (Å²) in [5.41, 5.74) is 0.488. The Balaban J connectivity index is 2.04. The van der Waals surface area contributed by atoms with Crippen LogP contribution >= 0.6 is 11.3 Å². The second-order valence-electron chi connectivity index (χ2n) is 5.16. The fourth-order valence-electron chi connectivity index (χ4n) is 2.46. The van der Waals surface area contributed by atoms with Gasteiger partial charge in [-0.1, -0.05) is 0 Å². The molecule has 1 N–H and O–H groups in total. The molecule has 0 spiro atoms. The van der Waals surface area contributed by atoms with Crippen LogP contribution in [0.3, 0.4) is 0 Å². The highest BCUT2D eigenvalue weighted by Crippen LogP contribution is 2.28. The lowest BCUT2D eigenvalue weighted by molar-refractivity contribution is -0.00503. The lowest BCUT2D eigenvalue weighted by Crippen LogP contribution is -2.45. The van der Waals surface area contributed by atoms with Crippen molar-refractivity contribution in [3.8, 4) is 0 Å². The van der Waals surface area contributed by atoms with E-state index in [2.05, 4.69) is 15.3 Å². The first-order valence-corrected chi connectivity index (χ1v) is 6.72. The quantitative estimate of drug-likeness (QED) is 0.880. The minimum Gasteiger partial charge on any atom is -0.389 e. The molecular formula is C12H20N2OS. The Morgan fingerprint density at radius 1 is 1.62 bits per heavy atom. The normalized spacial score (nSPS) is 22.9. The second-order valence-corrected chi connectivity index (χ2v) is 6.11. The van der Waals surface area contributed by atoms with E-state index in [9.17, 15) is 5.11 Å². The number of likely N-dealkylation sites (tertiary alicyclic amines) is 1. The van der Waals surface area contributed by atoms with Crippen molar-refractivity contribution >= 4 is 11.3 Å². The summed E-state index contributed by atoms with van der Waals surface area (Å²) >= 11 is 1.71. The first kappa shape index (κ1) is 12.0. The van der Waals surface area contributed by atoms with Crippen molar-refractivity contribution in [1.82, 2.24) is 9.88 Å². The van der Waals surface area contributed by atoms with E-state index in [1.807, 2.05) is 20.8 Å². The molecule has 1 aromatic rings. The summed E-state index contributed by atoms with van der Waals surface area (Å²) < 4.78 is 0. The van der Waals surface area contributed by atoms with E-state index in [-0.39, 0.29) is 6.04 Å². The highest BCUT2D eigenvalue weighted by Gasteiger charge is 2.35. The number of aromatic nitrogens is 1. The Bertz CT molecular complexity index is 356. The highest BCUT2D eigenvalue weighted by atomic mass is 32.1. The number of nitrogens with zero attached hydrogens (tertiary/aromatic N) is 2. The molecule has 0 aromatic carbocycles. The summed E-state index contributed by atoms with van der Waals surface area (Å²) in [7, 11) is 0. The van der Waals surface area contributed by atoms with Crippen LogP contribution in [0.15, 0.2) is 5.38 Å². The molecule has 1 saturated heterocycles. The number of rotatable bonds is 3. The van der Waals surface area contributed by atoms with Crippen molar-refractivity contribution < 1.29 is 5.11 Å². The minimum atomic E-state index is -0.608. The molecule has 1 atom stereocenters. The van der Waals surface area contributed by atoms with Crippen LogP contribution in [0.2, 0.25) is 0 Å². The molecule has 2 rings (SSSR count). The van der Waals surface area contributed by atoms with Crippen LogP contribution < -0.4 is 0 Å². The van der Waals surface area contributed by atoms with Crippen molar-refractivity contribution in [3.05, 3.63) is 16.1 Å². The number of aliphatic hydroxyl groups is 1. The van der Waals surface area contributed by atoms with Crippen LogP contribution in [0.1, 0.15) is 37.4 Å². The monoisotopic (exact) mass is 240 g/mol. The first-order chi connectivity index (χ1) is 7.47. The summed E-state index contributed by atoms with van der Waals surface area (Å²) in [6.45, 7) is 7.80. The number of thiazole rings is 1. The Labute approximate surface area is 101 Å². The third kappa shape index (κ3) is 2.62. The Morgan fingerprint density at radius 3 is 2.94 bits per heavy atom. The molecule has 90 valence electrons. The van der Waals surface area contributed by atoms with Gasteiger partial charge in [-0.3, -0.25) is 4.90 Å². The van der Waals surface area contributed by atoms with E-state index in [1.165, 1.54) is 6.42 Å². The van der Waals surface area contributed by atoms with E-state index in [4.69, 9.17) is 0 Å². The van der Waals surface area contributed by atoms with Gasteiger partial charge in [0.2, 0.25) is 0 Å². The lowest BCUT2D eigenvalue weighted by Gasteiger charge is -2.33.